The summed E-state index contributed by atoms with van der Waals surface area (Å²) in [5, 5.41) is 3.60. The molecule has 0 aromatic heterocycles. The number of piperidine rings is 1. The summed E-state index contributed by atoms with van der Waals surface area (Å²) in [6, 6.07) is 0. The number of hydrogen-bond donors (Lipinski definition) is 1. The zero-order valence-electron chi connectivity index (χ0n) is 8.22. The first-order valence-electron chi connectivity index (χ1n) is 5.55. The topological polar surface area (TPSA) is 29.1 Å². The molecule has 1 saturated carbocycles. The average Bonchev–Trinajstić information content (AvgIpc) is 2.20. The zero-order valence-corrected chi connectivity index (χ0v) is 8.22. The normalized spacial score (nSPS) is 33.1. The molecule has 0 aromatic rings. The van der Waals surface area contributed by atoms with Crippen molar-refractivity contribution in [2.75, 3.05) is 6.54 Å². The Kier molecular flexibility index (Phi) is 2.68. The minimum Gasteiger partial charge on any atom is -0.311 e. The number of hydrogen-bond acceptors (Lipinski definition) is 2. The second-order valence-electron chi connectivity index (χ2n) is 4.66. The van der Waals surface area contributed by atoms with E-state index in [1.807, 2.05) is 0 Å². The summed E-state index contributed by atoms with van der Waals surface area (Å²) in [4.78, 5) is 10.6. The summed E-state index contributed by atoms with van der Waals surface area (Å²) in [6.45, 7) is 0.920. The highest BCUT2D eigenvalue weighted by Crippen LogP contribution is 2.35. The van der Waals surface area contributed by atoms with Gasteiger partial charge in [0.15, 0.2) is 0 Å². The molecule has 1 spiro atoms. The molecule has 2 fully saturated rings. The van der Waals surface area contributed by atoms with E-state index in [0.717, 1.165) is 19.3 Å². The Balaban J connectivity index is 1.91. The maximum Gasteiger partial charge on any atom is 0.124 e. The van der Waals surface area contributed by atoms with Crippen LogP contribution in [0.15, 0.2) is 0 Å². The van der Waals surface area contributed by atoms with E-state index in [1.54, 1.807) is 0 Å². The van der Waals surface area contributed by atoms with Crippen LogP contribution in [0.2, 0.25) is 0 Å². The van der Waals surface area contributed by atoms with Crippen molar-refractivity contribution in [1.82, 2.24) is 5.32 Å². The number of carbonyl (C=O) groups is 1. The molecule has 0 bridgehead atoms. The van der Waals surface area contributed by atoms with Crippen molar-refractivity contribution in [3.63, 3.8) is 0 Å². The van der Waals surface area contributed by atoms with Crippen LogP contribution in [0.5, 0.6) is 0 Å². The smallest absolute Gasteiger partial charge is 0.124 e. The molecule has 1 atom stereocenters. The van der Waals surface area contributed by atoms with Crippen molar-refractivity contribution in [3.05, 3.63) is 0 Å². The Morgan fingerprint density at radius 2 is 1.92 bits per heavy atom. The van der Waals surface area contributed by atoms with Crippen LogP contribution in [0.1, 0.15) is 44.9 Å². The maximum absolute atomic E-state index is 10.6. The molecule has 0 amide bonds. The van der Waals surface area contributed by atoms with Crippen LogP contribution >= 0.6 is 0 Å². The first kappa shape index (κ1) is 9.20. The standard InChI is InChI=1S/C11H19NO/c13-9-10-4-7-11(12-8-10)5-2-1-3-6-11/h9-10,12H,1-8H2. The van der Waals surface area contributed by atoms with Crippen molar-refractivity contribution in [2.45, 2.75) is 50.5 Å². The lowest BCUT2D eigenvalue weighted by atomic mass is 9.74. The lowest BCUT2D eigenvalue weighted by Gasteiger charge is -2.43. The number of carbonyl (C=O) groups excluding carboxylic acids is 1. The molecule has 2 rings (SSSR count). The van der Waals surface area contributed by atoms with Gasteiger partial charge < -0.3 is 10.1 Å². The van der Waals surface area contributed by atoms with Crippen molar-refractivity contribution >= 4 is 6.29 Å². The van der Waals surface area contributed by atoms with Crippen LogP contribution in [-0.4, -0.2) is 18.4 Å². The van der Waals surface area contributed by atoms with E-state index >= 15 is 0 Å². The summed E-state index contributed by atoms with van der Waals surface area (Å²) in [5.74, 6) is 0.285. The van der Waals surface area contributed by atoms with Gasteiger partial charge in [0.1, 0.15) is 6.29 Å². The molecule has 1 heterocycles. The van der Waals surface area contributed by atoms with E-state index in [9.17, 15) is 4.79 Å². The van der Waals surface area contributed by atoms with Crippen LogP contribution in [-0.2, 0) is 4.79 Å². The highest BCUT2D eigenvalue weighted by Gasteiger charge is 2.35. The molecule has 13 heavy (non-hydrogen) atoms. The Morgan fingerprint density at radius 3 is 2.46 bits per heavy atom. The fourth-order valence-electron chi connectivity index (χ4n) is 2.77. The van der Waals surface area contributed by atoms with Gasteiger partial charge in [0, 0.05) is 18.0 Å². The van der Waals surface area contributed by atoms with Gasteiger partial charge in [-0.05, 0) is 25.7 Å². The Morgan fingerprint density at radius 1 is 1.15 bits per heavy atom. The van der Waals surface area contributed by atoms with Crippen molar-refractivity contribution in [1.29, 1.82) is 0 Å². The zero-order chi connectivity index (χ0) is 9.15. The molecule has 0 radical (unpaired) electrons. The van der Waals surface area contributed by atoms with E-state index in [1.165, 1.54) is 38.5 Å². The molecule has 0 aromatic carbocycles. The predicted molar refractivity (Wildman–Crippen MR) is 52.6 cm³/mol. The van der Waals surface area contributed by atoms with Crippen LogP contribution in [0.25, 0.3) is 0 Å². The van der Waals surface area contributed by atoms with E-state index in [-0.39, 0.29) is 5.92 Å². The molecular weight excluding hydrogens is 162 g/mol. The number of aldehydes is 1. The Bertz CT molecular complexity index is 175. The predicted octanol–water partition coefficient (Wildman–Crippen LogP) is 1.89. The first-order chi connectivity index (χ1) is 6.35. The molecule has 1 unspecified atom stereocenters. The molecule has 2 nitrogen and oxygen atoms in total. The van der Waals surface area contributed by atoms with Crippen LogP contribution in [0.3, 0.4) is 0 Å². The van der Waals surface area contributed by atoms with Gasteiger partial charge >= 0.3 is 0 Å². The lowest BCUT2D eigenvalue weighted by Crippen LogP contribution is -2.52. The van der Waals surface area contributed by atoms with Gasteiger partial charge in [0.2, 0.25) is 0 Å². The molecule has 74 valence electrons. The molecular formula is C11H19NO. The third-order valence-corrected chi connectivity index (χ3v) is 3.74. The van der Waals surface area contributed by atoms with Crippen molar-refractivity contribution in [3.8, 4) is 0 Å². The Labute approximate surface area is 80.1 Å². The minimum absolute atomic E-state index is 0.285. The van der Waals surface area contributed by atoms with Crippen LogP contribution < -0.4 is 5.32 Å². The maximum atomic E-state index is 10.6. The summed E-state index contributed by atoms with van der Waals surface area (Å²) < 4.78 is 0. The molecule has 1 saturated heterocycles. The van der Waals surface area contributed by atoms with Gasteiger partial charge in [-0.1, -0.05) is 19.3 Å². The number of rotatable bonds is 1. The second kappa shape index (κ2) is 3.79. The molecule has 2 heteroatoms. The van der Waals surface area contributed by atoms with Gasteiger partial charge in [-0.3, -0.25) is 0 Å². The lowest BCUT2D eigenvalue weighted by molar-refractivity contribution is -0.112. The fourth-order valence-corrected chi connectivity index (χ4v) is 2.77. The van der Waals surface area contributed by atoms with Crippen molar-refractivity contribution in [2.24, 2.45) is 5.92 Å². The average molecular weight is 181 g/mol. The molecule has 1 N–H and O–H groups in total. The summed E-state index contributed by atoms with van der Waals surface area (Å²) in [6.07, 6.45) is 10.3. The molecule has 1 aliphatic carbocycles. The third-order valence-electron chi connectivity index (χ3n) is 3.74. The Hall–Kier alpha value is -0.370. The summed E-state index contributed by atoms with van der Waals surface area (Å²) >= 11 is 0. The SMILES string of the molecule is O=CC1CCC2(CCCCC2)NC1. The summed E-state index contributed by atoms with van der Waals surface area (Å²) in [7, 11) is 0. The minimum atomic E-state index is 0.285. The van der Waals surface area contributed by atoms with Gasteiger partial charge in [-0.15, -0.1) is 0 Å². The second-order valence-corrected chi connectivity index (χ2v) is 4.66. The van der Waals surface area contributed by atoms with Crippen molar-refractivity contribution < 1.29 is 4.79 Å². The quantitative estimate of drug-likeness (QED) is 0.626. The van der Waals surface area contributed by atoms with Crippen LogP contribution in [0, 0.1) is 5.92 Å². The highest BCUT2D eigenvalue weighted by molar-refractivity contribution is 5.54. The first-order valence-corrected chi connectivity index (χ1v) is 5.55. The van der Waals surface area contributed by atoms with E-state index in [2.05, 4.69) is 5.32 Å². The molecule has 2 aliphatic rings. The fraction of sp³-hybridized carbons (Fsp3) is 0.909. The van der Waals surface area contributed by atoms with Gasteiger partial charge in [0.25, 0.3) is 0 Å². The van der Waals surface area contributed by atoms with Gasteiger partial charge in [-0.2, -0.15) is 0 Å². The molecule has 1 aliphatic heterocycles. The third kappa shape index (κ3) is 1.93. The van der Waals surface area contributed by atoms with Crippen LogP contribution in [0.4, 0.5) is 0 Å². The summed E-state index contributed by atoms with van der Waals surface area (Å²) in [5.41, 5.74) is 0.428. The van der Waals surface area contributed by atoms with E-state index in [4.69, 9.17) is 0 Å². The van der Waals surface area contributed by atoms with Gasteiger partial charge in [0.05, 0.1) is 0 Å². The van der Waals surface area contributed by atoms with E-state index in [0.29, 0.717) is 5.54 Å². The highest BCUT2D eigenvalue weighted by atomic mass is 16.1. The largest absolute Gasteiger partial charge is 0.311 e. The van der Waals surface area contributed by atoms with Gasteiger partial charge in [-0.25, -0.2) is 0 Å². The monoisotopic (exact) mass is 181 g/mol. The van der Waals surface area contributed by atoms with E-state index < -0.39 is 0 Å². The number of nitrogens with one attached hydrogen (secondary N) is 1.